The van der Waals surface area contributed by atoms with Crippen molar-refractivity contribution in [3.05, 3.63) is 70.8 Å². The molecular weight excluding hydrogens is 244 g/mol. The lowest BCUT2D eigenvalue weighted by Crippen LogP contribution is -2.19. The summed E-state index contributed by atoms with van der Waals surface area (Å²) in [5.41, 5.74) is 2.44. The topological polar surface area (TPSA) is 12.0 Å². The van der Waals surface area contributed by atoms with Gasteiger partial charge in [-0.05, 0) is 42.8 Å². The molecule has 0 saturated heterocycles. The molecule has 1 nitrogen and oxygen atoms in total. The van der Waals surface area contributed by atoms with Gasteiger partial charge in [0.1, 0.15) is 11.6 Å². The zero-order valence-corrected chi connectivity index (χ0v) is 11.1. The van der Waals surface area contributed by atoms with Crippen LogP contribution in [0.15, 0.2) is 42.5 Å². The largest absolute Gasteiger partial charge is 0.309 e. The molecule has 0 aromatic heterocycles. The molecule has 1 unspecified atom stereocenters. The molecule has 0 fully saturated rings. The molecule has 0 spiro atoms. The van der Waals surface area contributed by atoms with Crippen molar-refractivity contribution in [1.82, 2.24) is 5.32 Å². The minimum Gasteiger partial charge on any atom is -0.309 e. The summed E-state index contributed by atoms with van der Waals surface area (Å²) in [4.78, 5) is 0. The molecule has 2 rings (SSSR count). The maximum atomic E-state index is 13.9. The molecule has 1 atom stereocenters. The second-order valence-electron chi connectivity index (χ2n) is 4.49. The molecule has 0 radical (unpaired) electrons. The predicted molar refractivity (Wildman–Crippen MR) is 73.1 cm³/mol. The average Bonchev–Trinajstić information content (AvgIpc) is 2.44. The maximum absolute atomic E-state index is 13.9. The van der Waals surface area contributed by atoms with E-state index in [1.807, 2.05) is 24.3 Å². The number of hydrogen-bond acceptors (Lipinski definition) is 1. The Morgan fingerprint density at radius 2 is 1.89 bits per heavy atom. The zero-order chi connectivity index (χ0) is 13.8. The van der Waals surface area contributed by atoms with Crippen molar-refractivity contribution < 1.29 is 8.78 Å². The van der Waals surface area contributed by atoms with Crippen molar-refractivity contribution in [1.29, 1.82) is 0 Å². The summed E-state index contributed by atoms with van der Waals surface area (Å²) >= 11 is 0. The highest BCUT2D eigenvalue weighted by molar-refractivity contribution is 5.35. The van der Waals surface area contributed by atoms with Gasteiger partial charge in [0.25, 0.3) is 0 Å². The van der Waals surface area contributed by atoms with Crippen LogP contribution in [0.25, 0.3) is 0 Å². The van der Waals surface area contributed by atoms with Crippen LogP contribution < -0.4 is 5.32 Å². The smallest absolute Gasteiger partial charge is 0.128 e. The van der Waals surface area contributed by atoms with E-state index in [2.05, 4.69) is 12.2 Å². The molecule has 3 heteroatoms. The molecule has 0 bridgehead atoms. The first-order valence-corrected chi connectivity index (χ1v) is 6.36. The third-order valence-corrected chi connectivity index (χ3v) is 3.25. The van der Waals surface area contributed by atoms with E-state index in [0.29, 0.717) is 5.56 Å². The second-order valence-corrected chi connectivity index (χ2v) is 4.49. The van der Waals surface area contributed by atoms with Gasteiger partial charge >= 0.3 is 0 Å². The molecule has 0 aliphatic heterocycles. The molecule has 100 valence electrons. The van der Waals surface area contributed by atoms with E-state index in [-0.39, 0.29) is 6.04 Å². The summed E-state index contributed by atoms with van der Waals surface area (Å²) in [5.74, 6) is -0.828. The van der Waals surface area contributed by atoms with Crippen LogP contribution in [0.2, 0.25) is 0 Å². The average molecular weight is 261 g/mol. The van der Waals surface area contributed by atoms with Crippen LogP contribution in [0.1, 0.15) is 29.7 Å². The number of aryl methyl sites for hydroxylation is 1. The van der Waals surface area contributed by atoms with E-state index in [0.717, 1.165) is 18.1 Å². The standard InChI is InChI=1S/C16H17F2N/c1-3-11-5-4-6-12(9-11)16(19-2)14-10-13(17)7-8-15(14)18/h4-10,16,19H,3H2,1-2H3. The zero-order valence-electron chi connectivity index (χ0n) is 11.1. The van der Waals surface area contributed by atoms with Gasteiger partial charge in [-0.25, -0.2) is 8.78 Å². The monoisotopic (exact) mass is 261 g/mol. The molecule has 19 heavy (non-hydrogen) atoms. The van der Waals surface area contributed by atoms with Gasteiger partial charge in [-0.15, -0.1) is 0 Å². The van der Waals surface area contributed by atoms with E-state index in [1.54, 1.807) is 7.05 Å². The lowest BCUT2D eigenvalue weighted by atomic mass is 9.96. The number of benzene rings is 2. The van der Waals surface area contributed by atoms with Gasteiger partial charge in [-0.1, -0.05) is 31.2 Å². The number of nitrogens with one attached hydrogen (secondary N) is 1. The van der Waals surface area contributed by atoms with Crippen molar-refractivity contribution >= 4 is 0 Å². The van der Waals surface area contributed by atoms with Crippen molar-refractivity contribution in [3.63, 3.8) is 0 Å². The van der Waals surface area contributed by atoms with Gasteiger partial charge in [-0.3, -0.25) is 0 Å². The Labute approximate surface area is 112 Å². The van der Waals surface area contributed by atoms with E-state index in [4.69, 9.17) is 0 Å². The molecule has 0 aliphatic rings. The number of hydrogen-bond donors (Lipinski definition) is 1. The summed E-state index contributed by atoms with van der Waals surface area (Å²) < 4.78 is 27.2. The van der Waals surface area contributed by atoms with E-state index in [9.17, 15) is 8.78 Å². The van der Waals surface area contributed by atoms with Gasteiger partial charge < -0.3 is 5.32 Å². The SMILES string of the molecule is CCc1cccc(C(NC)c2cc(F)ccc2F)c1. The Kier molecular flexibility index (Phi) is 4.27. The highest BCUT2D eigenvalue weighted by atomic mass is 19.1. The summed E-state index contributed by atoms with van der Waals surface area (Å²) in [6.07, 6.45) is 0.913. The summed E-state index contributed by atoms with van der Waals surface area (Å²) in [5, 5.41) is 3.05. The summed E-state index contributed by atoms with van der Waals surface area (Å²) in [6, 6.07) is 11.1. The minimum absolute atomic E-state index is 0.329. The Morgan fingerprint density at radius 1 is 1.11 bits per heavy atom. The van der Waals surface area contributed by atoms with Gasteiger partial charge in [0.05, 0.1) is 6.04 Å². The number of rotatable bonds is 4. The molecule has 0 saturated carbocycles. The summed E-state index contributed by atoms with van der Waals surface area (Å²) in [7, 11) is 1.74. The van der Waals surface area contributed by atoms with Crippen molar-refractivity contribution in [2.75, 3.05) is 7.05 Å². The Hall–Kier alpha value is -1.74. The molecule has 2 aromatic rings. The van der Waals surface area contributed by atoms with Gasteiger partial charge in [0.2, 0.25) is 0 Å². The van der Waals surface area contributed by atoms with Gasteiger partial charge in [0.15, 0.2) is 0 Å². The van der Waals surface area contributed by atoms with Crippen LogP contribution >= 0.6 is 0 Å². The fraction of sp³-hybridized carbons (Fsp3) is 0.250. The van der Waals surface area contributed by atoms with Gasteiger partial charge in [-0.2, -0.15) is 0 Å². The minimum atomic E-state index is -0.428. The van der Waals surface area contributed by atoms with Crippen LogP contribution in [0, 0.1) is 11.6 Å². The highest BCUT2D eigenvalue weighted by Gasteiger charge is 2.17. The third-order valence-electron chi connectivity index (χ3n) is 3.25. The molecular formula is C16H17F2N. The molecule has 0 amide bonds. The molecule has 2 aromatic carbocycles. The highest BCUT2D eigenvalue weighted by Crippen LogP contribution is 2.25. The quantitative estimate of drug-likeness (QED) is 0.881. The first kappa shape index (κ1) is 13.7. The second kappa shape index (κ2) is 5.93. The Balaban J connectivity index is 2.46. The first-order chi connectivity index (χ1) is 9.15. The van der Waals surface area contributed by atoms with Crippen LogP contribution in [0.4, 0.5) is 8.78 Å². The van der Waals surface area contributed by atoms with Crippen LogP contribution in [0.3, 0.4) is 0 Å². The fourth-order valence-corrected chi connectivity index (χ4v) is 2.23. The lowest BCUT2D eigenvalue weighted by molar-refractivity contribution is 0.558. The first-order valence-electron chi connectivity index (χ1n) is 6.36. The predicted octanol–water partition coefficient (Wildman–Crippen LogP) is 3.84. The summed E-state index contributed by atoms with van der Waals surface area (Å²) in [6.45, 7) is 2.07. The van der Waals surface area contributed by atoms with E-state index in [1.165, 1.54) is 17.7 Å². The maximum Gasteiger partial charge on any atom is 0.128 e. The lowest BCUT2D eigenvalue weighted by Gasteiger charge is -2.18. The van der Waals surface area contributed by atoms with Crippen LogP contribution in [-0.2, 0) is 6.42 Å². The molecule has 0 aliphatic carbocycles. The van der Waals surface area contributed by atoms with Gasteiger partial charge in [0, 0.05) is 5.56 Å². The number of halogens is 2. The van der Waals surface area contributed by atoms with Crippen molar-refractivity contribution in [2.24, 2.45) is 0 Å². The normalized spacial score (nSPS) is 12.4. The Morgan fingerprint density at radius 3 is 2.58 bits per heavy atom. The van der Waals surface area contributed by atoms with Crippen LogP contribution in [0.5, 0.6) is 0 Å². The molecule has 0 heterocycles. The van der Waals surface area contributed by atoms with Crippen molar-refractivity contribution in [3.8, 4) is 0 Å². The van der Waals surface area contributed by atoms with Crippen molar-refractivity contribution in [2.45, 2.75) is 19.4 Å². The molecule has 1 N–H and O–H groups in total. The van der Waals surface area contributed by atoms with Crippen LogP contribution in [-0.4, -0.2) is 7.05 Å². The Bertz CT molecular complexity index is 566. The fourth-order valence-electron chi connectivity index (χ4n) is 2.23. The third kappa shape index (κ3) is 2.99. The van der Waals surface area contributed by atoms with E-state index >= 15 is 0 Å². The van der Waals surface area contributed by atoms with E-state index < -0.39 is 11.6 Å².